The van der Waals surface area contributed by atoms with Crippen LogP contribution in [0.15, 0.2) is 30.3 Å². The van der Waals surface area contributed by atoms with Crippen molar-refractivity contribution in [2.24, 2.45) is 0 Å². The van der Waals surface area contributed by atoms with Crippen molar-refractivity contribution >= 4 is 10.1 Å². The molecule has 0 aliphatic heterocycles. The molecule has 1 aromatic rings. The van der Waals surface area contributed by atoms with Crippen LogP contribution in [0.3, 0.4) is 0 Å². The summed E-state index contributed by atoms with van der Waals surface area (Å²) in [7, 11) is -3.67. The van der Waals surface area contributed by atoms with Gasteiger partial charge in [-0.15, -0.1) is 0 Å². The van der Waals surface area contributed by atoms with Gasteiger partial charge in [0.05, 0.1) is 6.26 Å². The van der Waals surface area contributed by atoms with Crippen molar-refractivity contribution < 1.29 is 18.1 Å². The number of rotatable bonds is 0. The fourth-order valence-corrected chi connectivity index (χ4v) is 0.663. The third kappa shape index (κ3) is 12.6. The van der Waals surface area contributed by atoms with Gasteiger partial charge in [0.15, 0.2) is 0 Å². The SMILES string of the molecule is CS(=O)(=O)O.OCC#Cc1ccccc1. The molecule has 0 unspecified atom stereocenters. The number of aliphatic hydroxyl groups excluding tert-OH is 1. The summed E-state index contributed by atoms with van der Waals surface area (Å²) < 4.78 is 25.9. The Hall–Kier alpha value is -1.35. The van der Waals surface area contributed by atoms with Crippen molar-refractivity contribution in [3.8, 4) is 11.8 Å². The summed E-state index contributed by atoms with van der Waals surface area (Å²) in [4.78, 5) is 0. The lowest BCUT2D eigenvalue weighted by atomic mass is 10.2. The van der Waals surface area contributed by atoms with Gasteiger partial charge in [-0.1, -0.05) is 30.0 Å². The van der Waals surface area contributed by atoms with Gasteiger partial charge in [0.25, 0.3) is 10.1 Å². The monoisotopic (exact) mass is 228 g/mol. The second-order valence-electron chi connectivity index (χ2n) is 2.56. The van der Waals surface area contributed by atoms with E-state index < -0.39 is 10.1 Å². The molecule has 0 fully saturated rings. The van der Waals surface area contributed by atoms with Crippen molar-refractivity contribution in [3.05, 3.63) is 35.9 Å². The van der Waals surface area contributed by atoms with E-state index in [9.17, 15) is 8.42 Å². The van der Waals surface area contributed by atoms with E-state index in [4.69, 9.17) is 9.66 Å². The highest BCUT2D eigenvalue weighted by Crippen LogP contribution is 1.93. The number of benzene rings is 1. The standard InChI is InChI=1S/C9H8O.CH4O3S/c10-8-4-7-9-5-2-1-3-6-9;1-5(2,3)4/h1-3,5-6,10H,8H2;1H3,(H,2,3,4). The van der Waals surface area contributed by atoms with E-state index in [0.717, 1.165) is 5.56 Å². The van der Waals surface area contributed by atoms with Crippen LogP contribution in [0, 0.1) is 11.8 Å². The fourth-order valence-electron chi connectivity index (χ4n) is 0.663. The zero-order valence-corrected chi connectivity index (χ0v) is 9.03. The molecule has 0 saturated carbocycles. The summed E-state index contributed by atoms with van der Waals surface area (Å²) in [5.74, 6) is 5.36. The molecular formula is C10H12O4S. The minimum absolute atomic E-state index is 0.0745. The van der Waals surface area contributed by atoms with Crippen molar-refractivity contribution in [2.45, 2.75) is 0 Å². The topological polar surface area (TPSA) is 74.6 Å². The van der Waals surface area contributed by atoms with Gasteiger partial charge in [0, 0.05) is 5.56 Å². The molecule has 1 rings (SSSR count). The van der Waals surface area contributed by atoms with Crippen LogP contribution in [0.4, 0.5) is 0 Å². The third-order valence-corrected chi connectivity index (χ3v) is 1.09. The number of hydrogen-bond acceptors (Lipinski definition) is 3. The van der Waals surface area contributed by atoms with E-state index in [1.807, 2.05) is 30.3 Å². The van der Waals surface area contributed by atoms with Crippen LogP contribution in [-0.4, -0.2) is 30.9 Å². The lowest BCUT2D eigenvalue weighted by Crippen LogP contribution is -1.88. The van der Waals surface area contributed by atoms with E-state index >= 15 is 0 Å². The molecule has 0 amide bonds. The smallest absolute Gasteiger partial charge is 0.261 e. The molecule has 0 spiro atoms. The minimum Gasteiger partial charge on any atom is -0.384 e. The zero-order chi connectivity index (χ0) is 11.7. The number of hydrogen-bond donors (Lipinski definition) is 2. The Morgan fingerprint density at radius 2 is 1.73 bits per heavy atom. The van der Waals surface area contributed by atoms with Gasteiger partial charge in [-0.2, -0.15) is 8.42 Å². The second-order valence-corrected chi connectivity index (χ2v) is 4.02. The average Bonchev–Trinajstić information content (AvgIpc) is 2.14. The Morgan fingerprint density at radius 3 is 2.13 bits per heavy atom. The summed E-state index contributed by atoms with van der Waals surface area (Å²) in [6.45, 7) is -0.0745. The van der Waals surface area contributed by atoms with E-state index in [1.54, 1.807) is 0 Å². The van der Waals surface area contributed by atoms with Crippen LogP contribution in [-0.2, 0) is 10.1 Å². The van der Waals surface area contributed by atoms with E-state index in [1.165, 1.54) is 0 Å². The molecule has 4 nitrogen and oxygen atoms in total. The van der Waals surface area contributed by atoms with Gasteiger partial charge in [0.1, 0.15) is 6.61 Å². The van der Waals surface area contributed by atoms with E-state index in [-0.39, 0.29) is 6.61 Å². The van der Waals surface area contributed by atoms with Crippen molar-refractivity contribution in [1.82, 2.24) is 0 Å². The van der Waals surface area contributed by atoms with Crippen molar-refractivity contribution in [2.75, 3.05) is 12.9 Å². The lowest BCUT2D eigenvalue weighted by Gasteiger charge is -1.84. The van der Waals surface area contributed by atoms with Gasteiger partial charge in [-0.25, -0.2) is 0 Å². The first kappa shape index (κ1) is 13.7. The van der Waals surface area contributed by atoms with Crippen LogP contribution in [0.2, 0.25) is 0 Å². The molecule has 5 heteroatoms. The molecule has 0 aliphatic carbocycles. The van der Waals surface area contributed by atoms with Crippen LogP contribution in [0.1, 0.15) is 5.56 Å². The molecule has 2 N–H and O–H groups in total. The third-order valence-electron chi connectivity index (χ3n) is 1.09. The Kier molecular flexibility index (Phi) is 6.38. The summed E-state index contributed by atoms with van der Waals surface area (Å²) in [5.41, 5.74) is 0.941. The zero-order valence-electron chi connectivity index (χ0n) is 8.21. The Balaban J connectivity index is 0.000000336. The van der Waals surface area contributed by atoms with Crippen molar-refractivity contribution in [3.63, 3.8) is 0 Å². The summed E-state index contributed by atoms with van der Waals surface area (Å²) in [6.07, 6.45) is 0.715. The van der Waals surface area contributed by atoms with E-state index in [0.29, 0.717) is 6.26 Å². The maximum absolute atomic E-state index is 9.19. The normalized spacial score (nSPS) is 9.27. The predicted octanol–water partition coefficient (Wildman–Crippen LogP) is 0.534. The molecular weight excluding hydrogens is 216 g/mol. The predicted molar refractivity (Wildman–Crippen MR) is 57.9 cm³/mol. The molecule has 1 aromatic carbocycles. The van der Waals surface area contributed by atoms with E-state index in [2.05, 4.69) is 11.8 Å². The van der Waals surface area contributed by atoms with Crippen molar-refractivity contribution in [1.29, 1.82) is 0 Å². The average molecular weight is 228 g/mol. The highest BCUT2D eigenvalue weighted by atomic mass is 32.2. The summed E-state index contributed by atoms with van der Waals surface area (Å²) in [6, 6.07) is 9.58. The fraction of sp³-hybridized carbons (Fsp3) is 0.200. The Labute approximate surface area is 89.3 Å². The second kappa shape index (κ2) is 7.01. The first-order valence-corrected chi connectivity index (χ1v) is 5.85. The Morgan fingerprint density at radius 1 is 1.27 bits per heavy atom. The van der Waals surface area contributed by atoms with Gasteiger partial charge >= 0.3 is 0 Å². The molecule has 0 aliphatic rings. The van der Waals surface area contributed by atoms with Crippen LogP contribution >= 0.6 is 0 Å². The van der Waals surface area contributed by atoms with Gasteiger partial charge < -0.3 is 5.11 Å². The van der Waals surface area contributed by atoms with Gasteiger partial charge in [-0.05, 0) is 12.1 Å². The molecule has 0 bridgehead atoms. The highest BCUT2D eigenvalue weighted by Gasteiger charge is 1.81. The number of aliphatic hydroxyl groups is 1. The van der Waals surface area contributed by atoms with Gasteiger partial charge in [0.2, 0.25) is 0 Å². The molecule has 0 radical (unpaired) electrons. The molecule has 82 valence electrons. The van der Waals surface area contributed by atoms with Gasteiger partial charge in [-0.3, -0.25) is 4.55 Å². The van der Waals surface area contributed by atoms with Crippen LogP contribution < -0.4 is 0 Å². The van der Waals surface area contributed by atoms with Crippen LogP contribution in [0.5, 0.6) is 0 Å². The largest absolute Gasteiger partial charge is 0.384 e. The molecule has 0 heterocycles. The molecule has 0 atom stereocenters. The Bertz CT molecular complexity index is 417. The summed E-state index contributed by atoms with van der Waals surface area (Å²) in [5, 5.41) is 8.35. The molecule has 0 aromatic heterocycles. The maximum atomic E-state index is 9.19. The minimum atomic E-state index is -3.67. The summed E-state index contributed by atoms with van der Waals surface area (Å²) >= 11 is 0. The maximum Gasteiger partial charge on any atom is 0.261 e. The highest BCUT2D eigenvalue weighted by molar-refractivity contribution is 7.85. The van der Waals surface area contributed by atoms with Crippen LogP contribution in [0.25, 0.3) is 0 Å². The first-order valence-electron chi connectivity index (χ1n) is 4.00. The molecule has 15 heavy (non-hydrogen) atoms. The molecule has 0 saturated heterocycles. The first-order chi connectivity index (χ1) is 6.93. The lowest BCUT2D eigenvalue weighted by molar-refractivity contribution is 0.350. The quantitative estimate of drug-likeness (QED) is 0.502.